The van der Waals surface area contributed by atoms with Gasteiger partial charge < -0.3 is 0 Å². The summed E-state index contributed by atoms with van der Waals surface area (Å²) in [6, 6.07) is 27.7. The van der Waals surface area contributed by atoms with Gasteiger partial charge in [-0.25, -0.2) is 0 Å². The van der Waals surface area contributed by atoms with Gasteiger partial charge in [0.05, 0.1) is 0 Å². The molecule has 0 aliphatic carbocycles. The van der Waals surface area contributed by atoms with Gasteiger partial charge in [-0.15, -0.1) is 0 Å². The van der Waals surface area contributed by atoms with Crippen LogP contribution in [0.3, 0.4) is 0 Å². The largest absolute Gasteiger partial charge is 0.265 e. The minimum absolute atomic E-state index is 0.745. The van der Waals surface area contributed by atoms with E-state index < -0.39 is 0 Å². The van der Waals surface area contributed by atoms with Crippen molar-refractivity contribution in [1.29, 1.82) is 0 Å². The van der Waals surface area contributed by atoms with E-state index in [0.29, 0.717) is 0 Å². The average molecular weight is 333 g/mol. The molecule has 4 rings (SSSR count). The van der Waals surface area contributed by atoms with E-state index >= 15 is 0 Å². The predicted octanol–water partition coefficient (Wildman–Crippen LogP) is 5.42. The fraction of sp³-hybridized carbons (Fsp3) is 0.0800. The van der Waals surface area contributed by atoms with Gasteiger partial charge in [0.2, 0.25) is 0 Å². The maximum atomic E-state index is 4.04. The molecule has 0 radical (unpaired) electrons. The number of rotatable bonds is 3. The standard InChI is InChI=1S/C25H19N/c1-2-5-21(6-3-1)17-23-10-12-24-11-9-22(18-25(24)19-23)8-4-7-20-13-15-26-16-14-20/h1-3,5-6,9-16,18-19H,7,17H2. The van der Waals surface area contributed by atoms with Crippen molar-refractivity contribution in [1.82, 2.24) is 4.98 Å². The van der Waals surface area contributed by atoms with Gasteiger partial charge in [0, 0.05) is 24.4 Å². The summed E-state index contributed by atoms with van der Waals surface area (Å²) in [5.74, 6) is 6.54. The Morgan fingerprint density at radius 3 is 2.31 bits per heavy atom. The van der Waals surface area contributed by atoms with Crippen LogP contribution in [-0.2, 0) is 12.8 Å². The van der Waals surface area contributed by atoms with E-state index in [9.17, 15) is 0 Å². The summed E-state index contributed by atoms with van der Waals surface area (Å²) in [7, 11) is 0. The molecule has 1 heterocycles. The summed E-state index contributed by atoms with van der Waals surface area (Å²) in [6.45, 7) is 0. The van der Waals surface area contributed by atoms with Crippen molar-refractivity contribution in [3.8, 4) is 11.8 Å². The second-order valence-corrected chi connectivity index (χ2v) is 6.39. The second kappa shape index (κ2) is 7.68. The molecule has 0 unspecified atom stereocenters. The number of nitrogens with zero attached hydrogens (tertiary/aromatic N) is 1. The molecule has 0 N–H and O–H groups in total. The smallest absolute Gasteiger partial charge is 0.0345 e. The topological polar surface area (TPSA) is 12.9 Å². The maximum absolute atomic E-state index is 4.04. The normalized spacial score (nSPS) is 10.3. The molecule has 0 spiro atoms. The monoisotopic (exact) mass is 333 g/mol. The first kappa shape index (κ1) is 16.1. The van der Waals surface area contributed by atoms with Gasteiger partial charge in [0.25, 0.3) is 0 Å². The van der Waals surface area contributed by atoms with Crippen LogP contribution in [0, 0.1) is 11.8 Å². The van der Waals surface area contributed by atoms with Crippen LogP contribution < -0.4 is 0 Å². The van der Waals surface area contributed by atoms with Crippen LogP contribution in [0.4, 0.5) is 0 Å². The van der Waals surface area contributed by atoms with Gasteiger partial charge in [0.1, 0.15) is 0 Å². The molecule has 0 saturated heterocycles. The minimum Gasteiger partial charge on any atom is -0.265 e. The lowest BCUT2D eigenvalue weighted by atomic mass is 10.00. The zero-order valence-electron chi connectivity index (χ0n) is 14.5. The van der Waals surface area contributed by atoms with E-state index in [2.05, 4.69) is 83.6 Å². The summed E-state index contributed by atoms with van der Waals surface area (Å²) in [5, 5.41) is 2.50. The van der Waals surface area contributed by atoms with Crippen LogP contribution in [0.25, 0.3) is 10.8 Å². The van der Waals surface area contributed by atoms with Crippen LogP contribution in [-0.4, -0.2) is 4.98 Å². The van der Waals surface area contributed by atoms with E-state index in [0.717, 1.165) is 18.4 Å². The highest BCUT2D eigenvalue weighted by atomic mass is 14.6. The van der Waals surface area contributed by atoms with Gasteiger partial charge in [-0.05, 0) is 58.1 Å². The molecule has 0 bridgehead atoms. The Kier molecular flexibility index (Phi) is 4.76. The molecule has 124 valence electrons. The van der Waals surface area contributed by atoms with Crippen molar-refractivity contribution in [2.75, 3.05) is 0 Å². The van der Waals surface area contributed by atoms with E-state index in [4.69, 9.17) is 0 Å². The Balaban J connectivity index is 1.56. The number of fused-ring (bicyclic) bond motifs is 1. The van der Waals surface area contributed by atoms with Crippen molar-refractivity contribution in [2.24, 2.45) is 0 Å². The molecule has 1 heteroatoms. The molecule has 0 atom stereocenters. The lowest BCUT2D eigenvalue weighted by Crippen LogP contribution is -1.88. The van der Waals surface area contributed by atoms with Crippen LogP contribution in [0.5, 0.6) is 0 Å². The Morgan fingerprint density at radius 2 is 1.46 bits per heavy atom. The number of pyridine rings is 1. The molecule has 26 heavy (non-hydrogen) atoms. The minimum atomic E-state index is 0.745. The highest BCUT2D eigenvalue weighted by Gasteiger charge is 2.00. The summed E-state index contributed by atoms with van der Waals surface area (Å²) < 4.78 is 0. The van der Waals surface area contributed by atoms with E-state index in [-0.39, 0.29) is 0 Å². The van der Waals surface area contributed by atoms with Gasteiger partial charge in [0.15, 0.2) is 0 Å². The van der Waals surface area contributed by atoms with Crippen LogP contribution in [0.1, 0.15) is 22.3 Å². The first-order chi connectivity index (χ1) is 12.9. The maximum Gasteiger partial charge on any atom is 0.0345 e. The third kappa shape index (κ3) is 3.99. The molecular weight excluding hydrogens is 314 g/mol. The van der Waals surface area contributed by atoms with E-state index in [1.807, 2.05) is 12.1 Å². The molecule has 0 amide bonds. The molecule has 4 aromatic rings. The summed E-state index contributed by atoms with van der Waals surface area (Å²) in [6.07, 6.45) is 5.31. The van der Waals surface area contributed by atoms with Gasteiger partial charge in [-0.1, -0.05) is 66.4 Å². The molecular formula is C25H19N. The first-order valence-corrected chi connectivity index (χ1v) is 8.81. The second-order valence-electron chi connectivity index (χ2n) is 6.39. The lowest BCUT2D eigenvalue weighted by molar-refractivity contribution is 1.20. The fourth-order valence-corrected chi connectivity index (χ4v) is 3.06. The molecule has 0 aliphatic rings. The average Bonchev–Trinajstić information content (AvgIpc) is 2.69. The zero-order valence-corrected chi connectivity index (χ0v) is 14.5. The number of benzene rings is 3. The first-order valence-electron chi connectivity index (χ1n) is 8.81. The predicted molar refractivity (Wildman–Crippen MR) is 108 cm³/mol. The van der Waals surface area contributed by atoms with E-state index in [1.165, 1.54) is 27.5 Å². The van der Waals surface area contributed by atoms with Crippen molar-refractivity contribution < 1.29 is 0 Å². The van der Waals surface area contributed by atoms with Gasteiger partial charge in [-0.3, -0.25) is 4.98 Å². The Bertz CT molecular complexity index is 1070. The van der Waals surface area contributed by atoms with Gasteiger partial charge in [-0.2, -0.15) is 0 Å². The summed E-state index contributed by atoms with van der Waals surface area (Å²) in [5.41, 5.74) is 4.91. The molecule has 1 nitrogen and oxygen atoms in total. The SMILES string of the molecule is C(#Cc1ccc2ccc(Cc3ccccc3)cc2c1)Cc1ccncc1. The third-order valence-electron chi connectivity index (χ3n) is 4.43. The number of hydrogen-bond donors (Lipinski definition) is 0. The van der Waals surface area contributed by atoms with Crippen molar-refractivity contribution in [3.63, 3.8) is 0 Å². The Morgan fingerprint density at radius 1 is 0.654 bits per heavy atom. The number of hydrogen-bond acceptors (Lipinski definition) is 1. The van der Waals surface area contributed by atoms with Crippen molar-refractivity contribution in [3.05, 3.63) is 114 Å². The molecule has 0 fully saturated rings. The van der Waals surface area contributed by atoms with Crippen LogP contribution in [0.2, 0.25) is 0 Å². The molecule has 0 saturated carbocycles. The Hall–Kier alpha value is -3.37. The molecule has 3 aromatic carbocycles. The zero-order chi connectivity index (χ0) is 17.6. The van der Waals surface area contributed by atoms with E-state index in [1.54, 1.807) is 12.4 Å². The summed E-state index contributed by atoms with van der Waals surface area (Å²) >= 11 is 0. The Labute approximate surface area is 154 Å². The third-order valence-corrected chi connectivity index (χ3v) is 4.43. The lowest BCUT2D eigenvalue weighted by Gasteiger charge is -2.05. The van der Waals surface area contributed by atoms with Crippen molar-refractivity contribution in [2.45, 2.75) is 12.8 Å². The highest BCUT2D eigenvalue weighted by Crippen LogP contribution is 2.19. The van der Waals surface area contributed by atoms with Gasteiger partial charge >= 0.3 is 0 Å². The highest BCUT2D eigenvalue weighted by molar-refractivity contribution is 5.84. The fourth-order valence-electron chi connectivity index (χ4n) is 3.06. The van der Waals surface area contributed by atoms with Crippen molar-refractivity contribution >= 4 is 10.8 Å². The van der Waals surface area contributed by atoms with Crippen LogP contribution >= 0.6 is 0 Å². The summed E-state index contributed by atoms with van der Waals surface area (Å²) in [4.78, 5) is 4.04. The number of aromatic nitrogens is 1. The molecule has 0 aliphatic heterocycles. The quantitative estimate of drug-likeness (QED) is 0.456. The molecule has 1 aromatic heterocycles. The van der Waals surface area contributed by atoms with Crippen LogP contribution in [0.15, 0.2) is 91.3 Å².